The van der Waals surface area contributed by atoms with E-state index < -0.39 is 11.9 Å². The highest BCUT2D eigenvalue weighted by molar-refractivity contribution is 6.00. The van der Waals surface area contributed by atoms with Gasteiger partial charge in [-0.2, -0.15) is 0 Å². The number of anilines is 1. The monoisotopic (exact) mass is 239 g/mol. The van der Waals surface area contributed by atoms with Crippen molar-refractivity contribution in [3.8, 4) is 0 Å². The molecule has 0 bridgehead atoms. The number of fused-ring (bicyclic) bond motifs is 1. The second-order valence-electron chi connectivity index (χ2n) is 3.60. The zero-order valence-corrected chi connectivity index (χ0v) is 9.58. The summed E-state index contributed by atoms with van der Waals surface area (Å²) in [5, 5.41) is 18.2. The number of hydrogen-bond donors (Lipinski definition) is 1. The Balaban J connectivity index is 0.00000128. The number of nitrogens with zero attached hydrogens (tertiary/aromatic N) is 1. The molecule has 86 valence electrons. The maximum absolute atomic E-state index is 11.4. The lowest BCUT2D eigenvalue weighted by Crippen LogP contribution is -2.46. The summed E-state index contributed by atoms with van der Waals surface area (Å²) in [5.74, 6) is -0.896. The van der Waals surface area contributed by atoms with Crippen LogP contribution in [0.3, 0.4) is 0 Å². The molecule has 0 spiro atoms. The molecule has 0 radical (unpaired) electrons. The van der Waals surface area contributed by atoms with Gasteiger partial charge in [0.2, 0.25) is 5.91 Å². The molecule has 1 unspecified atom stereocenters. The average molecular weight is 240 g/mol. The SMILES string of the molecule is CC(=O)N1c2ccccc2CC1C(=N)[O-].Cl. The van der Waals surface area contributed by atoms with Crippen LogP contribution in [0.15, 0.2) is 24.3 Å². The van der Waals surface area contributed by atoms with Crippen molar-refractivity contribution in [1.29, 1.82) is 5.41 Å². The molecular weight excluding hydrogens is 228 g/mol. The Labute approximate surface area is 99.8 Å². The van der Waals surface area contributed by atoms with Crippen LogP contribution in [0.5, 0.6) is 0 Å². The van der Waals surface area contributed by atoms with Crippen molar-refractivity contribution >= 4 is 29.9 Å². The summed E-state index contributed by atoms with van der Waals surface area (Å²) < 4.78 is 0. The van der Waals surface area contributed by atoms with Crippen molar-refractivity contribution in [3.05, 3.63) is 29.8 Å². The van der Waals surface area contributed by atoms with Gasteiger partial charge in [0.1, 0.15) is 0 Å². The molecular formula is C11H12ClN2O2-. The topological polar surface area (TPSA) is 67.2 Å². The van der Waals surface area contributed by atoms with Gasteiger partial charge in [-0.3, -0.25) is 4.79 Å². The number of benzene rings is 1. The summed E-state index contributed by atoms with van der Waals surface area (Å²) in [6.07, 6.45) is 0.456. The molecule has 1 amide bonds. The molecule has 0 aliphatic carbocycles. The lowest BCUT2D eigenvalue weighted by molar-refractivity contribution is -0.222. The van der Waals surface area contributed by atoms with Gasteiger partial charge < -0.3 is 15.4 Å². The third-order valence-corrected chi connectivity index (χ3v) is 2.62. The minimum atomic E-state index is -0.707. The van der Waals surface area contributed by atoms with Crippen molar-refractivity contribution in [1.82, 2.24) is 0 Å². The van der Waals surface area contributed by atoms with Crippen LogP contribution in [-0.4, -0.2) is 17.8 Å². The van der Waals surface area contributed by atoms with Gasteiger partial charge >= 0.3 is 0 Å². The largest absolute Gasteiger partial charge is 0.861 e. The Morgan fingerprint density at radius 2 is 2.12 bits per heavy atom. The predicted octanol–water partition coefficient (Wildman–Crippen LogP) is 0.724. The van der Waals surface area contributed by atoms with Crippen LogP contribution in [0.25, 0.3) is 0 Å². The smallest absolute Gasteiger partial charge is 0.224 e. The first-order valence-corrected chi connectivity index (χ1v) is 4.74. The maximum Gasteiger partial charge on any atom is 0.224 e. The number of nitrogens with one attached hydrogen (secondary N) is 1. The highest BCUT2D eigenvalue weighted by Crippen LogP contribution is 2.31. The van der Waals surface area contributed by atoms with Crippen molar-refractivity contribution < 1.29 is 9.90 Å². The van der Waals surface area contributed by atoms with E-state index in [0.717, 1.165) is 11.3 Å². The number of carbonyl (C=O) groups excluding carboxylic acids is 1. The predicted molar refractivity (Wildman–Crippen MR) is 62.1 cm³/mol. The minimum absolute atomic E-state index is 0. The number of para-hydroxylation sites is 1. The molecule has 0 saturated carbocycles. The molecule has 1 heterocycles. The molecule has 5 heteroatoms. The standard InChI is InChI=1S/C11H12N2O2.ClH/c1-7(14)13-9-5-3-2-4-8(9)6-10(13)11(12)15;/h2-5,10H,6H2,1H3,(H2,12,15);1H/p-1. The van der Waals surface area contributed by atoms with E-state index in [2.05, 4.69) is 0 Å². The average Bonchev–Trinajstić information content (AvgIpc) is 2.56. The number of halogens is 1. The zero-order valence-electron chi connectivity index (χ0n) is 8.77. The van der Waals surface area contributed by atoms with Gasteiger partial charge in [0.25, 0.3) is 0 Å². The van der Waals surface area contributed by atoms with Crippen LogP contribution in [0.1, 0.15) is 12.5 Å². The van der Waals surface area contributed by atoms with Gasteiger partial charge in [-0.15, -0.1) is 12.4 Å². The molecule has 1 aromatic carbocycles. The van der Waals surface area contributed by atoms with Crippen molar-refractivity contribution in [3.63, 3.8) is 0 Å². The van der Waals surface area contributed by atoms with E-state index in [-0.39, 0.29) is 18.3 Å². The summed E-state index contributed by atoms with van der Waals surface area (Å²) >= 11 is 0. The first-order valence-electron chi connectivity index (χ1n) is 4.74. The normalized spacial score (nSPS) is 17.6. The maximum atomic E-state index is 11.4. The molecule has 1 N–H and O–H groups in total. The van der Waals surface area contributed by atoms with E-state index in [1.54, 1.807) is 6.07 Å². The zero-order chi connectivity index (χ0) is 11.0. The van der Waals surface area contributed by atoms with Crippen LogP contribution >= 0.6 is 12.4 Å². The Kier molecular flexibility index (Phi) is 3.55. The van der Waals surface area contributed by atoms with Gasteiger partial charge in [-0.25, -0.2) is 0 Å². The summed E-state index contributed by atoms with van der Waals surface area (Å²) in [6.45, 7) is 1.41. The molecule has 1 aromatic rings. The molecule has 1 aliphatic heterocycles. The van der Waals surface area contributed by atoms with Gasteiger partial charge in [-0.05, 0) is 23.9 Å². The third-order valence-electron chi connectivity index (χ3n) is 2.62. The summed E-state index contributed by atoms with van der Waals surface area (Å²) in [5.41, 5.74) is 1.72. The molecule has 0 fully saturated rings. The van der Waals surface area contributed by atoms with Gasteiger partial charge in [-0.1, -0.05) is 18.2 Å². The number of amides is 1. The minimum Gasteiger partial charge on any atom is -0.861 e. The van der Waals surface area contributed by atoms with E-state index in [0.29, 0.717) is 6.42 Å². The molecule has 2 rings (SSSR count). The van der Waals surface area contributed by atoms with Crippen LogP contribution in [0.4, 0.5) is 5.69 Å². The second kappa shape index (κ2) is 4.53. The van der Waals surface area contributed by atoms with E-state index in [4.69, 9.17) is 5.41 Å². The lowest BCUT2D eigenvalue weighted by atomic mass is 10.1. The molecule has 0 aromatic heterocycles. The Morgan fingerprint density at radius 1 is 1.50 bits per heavy atom. The number of carbonyl (C=O) groups is 1. The molecule has 0 saturated heterocycles. The fourth-order valence-electron chi connectivity index (χ4n) is 1.98. The number of rotatable bonds is 1. The van der Waals surface area contributed by atoms with Crippen LogP contribution in [0, 0.1) is 5.41 Å². The van der Waals surface area contributed by atoms with E-state index in [9.17, 15) is 9.90 Å². The Morgan fingerprint density at radius 3 is 2.69 bits per heavy atom. The van der Waals surface area contributed by atoms with E-state index >= 15 is 0 Å². The first kappa shape index (κ1) is 12.5. The second-order valence-corrected chi connectivity index (χ2v) is 3.60. The Hall–Kier alpha value is -1.55. The van der Waals surface area contributed by atoms with Crippen molar-refractivity contribution in [2.24, 2.45) is 0 Å². The fraction of sp³-hybridized carbons (Fsp3) is 0.273. The summed E-state index contributed by atoms with van der Waals surface area (Å²) in [6, 6.07) is 6.74. The first-order chi connectivity index (χ1) is 7.11. The van der Waals surface area contributed by atoms with Gasteiger partial charge in [0.05, 0.1) is 6.04 Å². The van der Waals surface area contributed by atoms with Crippen LogP contribution in [-0.2, 0) is 11.2 Å². The molecule has 1 aliphatic rings. The fourth-order valence-corrected chi connectivity index (χ4v) is 1.98. The molecule has 16 heavy (non-hydrogen) atoms. The number of hydrogen-bond acceptors (Lipinski definition) is 3. The Bertz CT molecular complexity index is 434. The van der Waals surface area contributed by atoms with E-state index in [1.165, 1.54) is 11.8 Å². The summed E-state index contributed by atoms with van der Waals surface area (Å²) in [7, 11) is 0. The molecule has 1 atom stereocenters. The van der Waals surface area contributed by atoms with Crippen molar-refractivity contribution in [2.75, 3.05) is 4.90 Å². The van der Waals surface area contributed by atoms with Crippen LogP contribution in [0.2, 0.25) is 0 Å². The highest BCUT2D eigenvalue weighted by atomic mass is 35.5. The van der Waals surface area contributed by atoms with Gasteiger partial charge in [0, 0.05) is 12.6 Å². The highest BCUT2D eigenvalue weighted by Gasteiger charge is 2.31. The van der Waals surface area contributed by atoms with Gasteiger partial charge in [0.15, 0.2) is 0 Å². The third kappa shape index (κ3) is 1.88. The molecule has 4 nitrogen and oxygen atoms in total. The lowest BCUT2D eigenvalue weighted by Gasteiger charge is -2.27. The summed E-state index contributed by atoms with van der Waals surface area (Å²) in [4.78, 5) is 12.8. The quantitative estimate of drug-likeness (QED) is 0.580. The van der Waals surface area contributed by atoms with E-state index in [1.807, 2.05) is 18.2 Å². The van der Waals surface area contributed by atoms with Crippen LogP contribution < -0.4 is 10.0 Å². The van der Waals surface area contributed by atoms with Crippen molar-refractivity contribution in [2.45, 2.75) is 19.4 Å².